The van der Waals surface area contributed by atoms with E-state index in [0.29, 0.717) is 0 Å². The SMILES string of the molecule is CCC(NCC(C)(C)CCOC)c1cccc([N+](=O)[O-])c1. The van der Waals surface area contributed by atoms with E-state index in [2.05, 4.69) is 26.1 Å². The van der Waals surface area contributed by atoms with E-state index in [-0.39, 0.29) is 22.1 Å². The molecule has 0 radical (unpaired) electrons. The van der Waals surface area contributed by atoms with Gasteiger partial charge in [0.15, 0.2) is 0 Å². The van der Waals surface area contributed by atoms with Gasteiger partial charge in [-0.25, -0.2) is 0 Å². The molecule has 21 heavy (non-hydrogen) atoms. The van der Waals surface area contributed by atoms with Crippen molar-refractivity contribution in [3.63, 3.8) is 0 Å². The van der Waals surface area contributed by atoms with Crippen molar-refractivity contribution >= 4 is 5.69 Å². The van der Waals surface area contributed by atoms with Crippen molar-refractivity contribution in [3.05, 3.63) is 39.9 Å². The number of nitro benzene ring substituents is 1. The minimum atomic E-state index is -0.348. The largest absolute Gasteiger partial charge is 0.385 e. The third-order valence-corrected chi connectivity index (χ3v) is 3.70. The van der Waals surface area contributed by atoms with E-state index in [4.69, 9.17) is 4.74 Å². The molecule has 1 atom stereocenters. The molecule has 1 rings (SSSR count). The summed E-state index contributed by atoms with van der Waals surface area (Å²) in [6, 6.07) is 7.00. The zero-order valence-electron chi connectivity index (χ0n) is 13.4. The standard InChI is InChI=1S/C16H26N2O3/c1-5-15(17-12-16(2,3)9-10-21-4)13-7-6-8-14(11-13)18(19)20/h6-8,11,15,17H,5,9-10,12H2,1-4H3. The highest BCUT2D eigenvalue weighted by Crippen LogP contribution is 2.24. The van der Waals surface area contributed by atoms with Gasteiger partial charge in [0, 0.05) is 38.4 Å². The summed E-state index contributed by atoms with van der Waals surface area (Å²) >= 11 is 0. The molecular weight excluding hydrogens is 268 g/mol. The first kappa shape index (κ1) is 17.6. The van der Waals surface area contributed by atoms with Crippen molar-refractivity contribution in [3.8, 4) is 0 Å². The minimum Gasteiger partial charge on any atom is -0.385 e. The second-order valence-electron chi connectivity index (χ2n) is 6.10. The number of ether oxygens (including phenoxy) is 1. The normalized spacial score (nSPS) is 13.1. The van der Waals surface area contributed by atoms with Crippen molar-refractivity contribution in [2.24, 2.45) is 5.41 Å². The van der Waals surface area contributed by atoms with Crippen LogP contribution < -0.4 is 5.32 Å². The third kappa shape index (κ3) is 5.81. The Morgan fingerprint density at radius 2 is 2.14 bits per heavy atom. The Hall–Kier alpha value is -1.46. The lowest BCUT2D eigenvalue weighted by molar-refractivity contribution is -0.384. The first-order valence-corrected chi connectivity index (χ1v) is 7.36. The van der Waals surface area contributed by atoms with E-state index in [9.17, 15) is 10.1 Å². The smallest absolute Gasteiger partial charge is 0.269 e. The molecule has 1 unspecified atom stereocenters. The van der Waals surface area contributed by atoms with Crippen LogP contribution in [0.25, 0.3) is 0 Å². The van der Waals surface area contributed by atoms with Crippen molar-refractivity contribution in [1.82, 2.24) is 5.32 Å². The average Bonchev–Trinajstić information content (AvgIpc) is 2.46. The number of nitrogens with zero attached hydrogens (tertiary/aromatic N) is 1. The lowest BCUT2D eigenvalue weighted by atomic mass is 9.89. The van der Waals surface area contributed by atoms with Gasteiger partial charge in [0.2, 0.25) is 0 Å². The van der Waals surface area contributed by atoms with Gasteiger partial charge in [-0.2, -0.15) is 0 Å². The molecule has 1 N–H and O–H groups in total. The summed E-state index contributed by atoms with van der Waals surface area (Å²) in [5, 5.41) is 14.4. The van der Waals surface area contributed by atoms with E-state index >= 15 is 0 Å². The number of rotatable bonds is 9. The van der Waals surface area contributed by atoms with Crippen molar-refractivity contribution in [2.45, 2.75) is 39.7 Å². The molecule has 0 spiro atoms. The summed E-state index contributed by atoms with van der Waals surface area (Å²) in [5.41, 5.74) is 1.24. The fraction of sp³-hybridized carbons (Fsp3) is 0.625. The summed E-state index contributed by atoms with van der Waals surface area (Å²) in [7, 11) is 1.71. The van der Waals surface area contributed by atoms with E-state index < -0.39 is 0 Å². The Balaban J connectivity index is 2.71. The molecule has 5 heteroatoms. The van der Waals surface area contributed by atoms with Crippen LogP contribution in [0.15, 0.2) is 24.3 Å². The lowest BCUT2D eigenvalue weighted by Crippen LogP contribution is -2.33. The topological polar surface area (TPSA) is 64.4 Å². The molecule has 0 aliphatic heterocycles. The van der Waals surface area contributed by atoms with Crippen molar-refractivity contribution in [1.29, 1.82) is 0 Å². The molecule has 5 nitrogen and oxygen atoms in total. The first-order valence-electron chi connectivity index (χ1n) is 7.36. The first-order chi connectivity index (χ1) is 9.89. The van der Waals surface area contributed by atoms with Crippen molar-refractivity contribution in [2.75, 3.05) is 20.3 Å². The zero-order valence-corrected chi connectivity index (χ0v) is 13.4. The molecule has 0 aliphatic carbocycles. The number of methoxy groups -OCH3 is 1. The molecular formula is C16H26N2O3. The molecule has 0 amide bonds. The molecule has 0 saturated carbocycles. The molecule has 0 saturated heterocycles. The molecule has 0 aliphatic rings. The predicted octanol–water partition coefficient (Wildman–Crippen LogP) is 3.70. The highest BCUT2D eigenvalue weighted by atomic mass is 16.6. The number of nitrogens with one attached hydrogen (secondary N) is 1. The van der Waals surface area contributed by atoms with Crippen LogP contribution in [-0.4, -0.2) is 25.2 Å². The fourth-order valence-electron chi connectivity index (χ4n) is 2.22. The second kappa shape index (κ2) is 8.10. The maximum Gasteiger partial charge on any atom is 0.269 e. The predicted molar refractivity (Wildman–Crippen MR) is 84.4 cm³/mol. The van der Waals surface area contributed by atoms with E-state index in [1.54, 1.807) is 19.2 Å². The molecule has 118 valence electrons. The second-order valence-corrected chi connectivity index (χ2v) is 6.10. The number of hydrogen-bond acceptors (Lipinski definition) is 4. The van der Waals surface area contributed by atoms with Gasteiger partial charge in [-0.3, -0.25) is 10.1 Å². The summed E-state index contributed by atoms with van der Waals surface area (Å²) in [5.74, 6) is 0. The summed E-state index contributed by atoms with van der Waals surface area (Å²) in [6.45, 7) is 8.05. The highest BCUT2D eigenvalue weighted by Gasteiger charge is 2.20. The number of non-ortho nitro benzene ring substituents is 1. The maximum absolute atomic E-state index is 10.9. The third-order valence-electron chi connectivity index (χ3n) is 3.70. The highest BCUT2D eigenvalue weighted by molar-refractivity contribution is 5.35. The number of nitro groups is 1. The van der Waals surface area contributed by atoms with Crippen LogP contribution in [0, 0.1) is 15.5 Å². The van der Waals surface area contributed by atoms with Crippen LogP contribution >= 0.6 is 0 Å². The molecule has 0 fully saturated rings. The Bertz CT molecular complexity index is 461. The Kier molecular flexibility index (Phi) is 6.78. The summed E-state index contributed by atoms with van der Waals surface area (Å²) in [6.07, 6.45) is 1.86. The maximum atomic E-state index is 10.9. The van der Waals surface area contributed by atoms with Crippen LogP contribution in [0.5, 0.6) is 0 Å². The van der Waals surface area contributed by atoms with Crippen LogP contribution in [0.1, 0.15) is 45.2 Å². The summed E-state index contributed by atoms with van der Waals surface area (Å²) < 4.78 is 5.13. The van der Waals surface area contributed by atoms with Crippen molar-refractivity contribution < 1.29 is 9.66 Å². The zero-order chi connectivity index (χ0) is 15.9. The molecule has 0 bridgehead atoms. The quantitative estimate of drug-likeness (QED) is 0.557. The van der Waals surface area contributed by atoms with Gasteiger partial charge in [-0.05, 0) is 23.8 Å². The number of hydrogen-bond donors (Lipinski definition) is 1. The van der Waals surface area contributed by atoms with E-state index in [1.165, 1.54) is 6.07 Å². The van der Waals surface area contributed by atoms with Gasteiger partial charge in [0.1, 0.15) is 0 Å². The minimum absolute atomic E-state index is 0.129. The van der Waals surface area contributed by atoms with E-state index in [0.717, 1.165) is 31.6 Å². The van der Waals surface area contributed by atoms with Crippen LogP contribution in [-0.2, 0) is 4.74 Å². The summed E-state index contributed by atoms with van der Waals surface area (Å²) in [4.78, 5) is 10.5. The lowest BCUT2D eigenvalue weighted by Gasteiger charge is -2.28. The Morgan fingerprint density at radius 1 is 1.43 bits per heavy atom. The van der Waals surface area contributed by atoms with Gasteiger partial charge >= 0.3 is 0 Å². The monoisotopic (exact) mass is 294 g/mol. The molecule has 0 aromatic heterocycles. The van der Waals surface area contributed by atoms with Gasteiger partial charge in [0.25, 0.3) is 5.69 Å². The average molecular weight is 294 g/mol. The fourth-order valence-corrected chi connectivity index (χ4v) is 2.22. The van der Waals surface area contributed by atoms with Gasteiger partial charge in [-0.15, -0.1) is 0 Å². The number of benzene rings is 1. The molecule has 1 aromatic carbocycles. The Labute approximate surface area is 126 Å². The molecule has 0 heterocycles. The molecule has 1 aromatic rings. The van der Waals surface area contributed by atoms with Crippen LogP contribution in [0.4, 0.5) is 5.69 Å². The van der Waals surface area contributed by atoms with Gasteiger partial charge in [0.05, 0.1) is 4.92 Å². The van der Waals surface area contributed by atoms with Gasteiger partial charge in [-0.1, -0.05) is 32.9 Å². The van der Waals surface area contributed by atoms with Gasteiger partial charge < -0.3 is 10.1 Å². The Morgan fingerprint density at radius 3 is 2.71 bits per heavy atom. The van der Waals surface area contributed by atoms with Crippen LogP contribution in [0.2, 0.25) is 0 Å². The van der Waals surface area contributed by atoms with Crippen LogP contribution in [0.3, 0.4) is 0 Å². The van der Waals surface area contributed by atoms with E-state index in [1.807, 2.05) is 6.07 Å².